The fourth-order valence-corrected chi connectivity index (χ4v) is 1.31. The summed E-state index contributed by atoms with van der Waals surface area (Å²) in [5.41, 5.74) is 6.40. The molecule has 4 N–H and O–H groups in total. The highest BCUT2D eigenvalue weighted by molar-refractivity contribution is 6.33. The molecule has 0 aromatic heterocycles. The number of halogens is 1. The van der Waals surface area contributed by atoms with Crippen molar-refractivity contribution in [3.8, 4) is 0 Å². The molecule has 5 nitrogen and oxygen atoms in total. The summed E-state index contributed by atoms with van der Waals surface area (Å²) in [5, 5.41) is 5.57. The molecular weight excluding hydrogens is 242 g/mol. The molecule has 92 valence electrons. The summed E-state index contributed by atoms with van der Waals surface area (Å²) in [5.74, 6) is -0.538. The van der Waals surface area contributed by atoms with Gasteiger partial charge in [0.15, 0.2) is 0 Å². The summed E-state index contributed by atoms with van der Waals surface area (Å²) >= 11 is 5.89. The standard InChI is InChI=1S/C11H14ClN3O2/c1-6(13)11(17)15-8-3-4-9(12)10(5-8)14-7(2)16/h3-6H,13H2,1-2H3,(H,14,16)(H,15,17)/t6-/m1/s1. The first-order valence-corrected chi connectivity index (χ1v) is 5.41. The quantitative estimate of drug-likeness (QED) is 0.767. The third-order valence-corrected chi connectivity index (χ3v) is 2.29. The van der Waals surface area contributed by atoms with Crippen LogP contribution in [0.3, 0.4) is 0 Å². The van der Waals surface area contributed by atoms with Crippen molar-refractivity contribution in [2.24, 2.45) is 5.73 Å². The van der Waals surface area contributed by atoms with Crippen LogP contribution in [0.15, 0.2) is 18.2 Å². The first-order chi connectivity index (χ1) is 7.90. The highest BCUT2D eigenvalue weighted by atomic mass is 35.5. The lowest BCUT2D eigenvalue weighted by atomic mass is 10.2. The molecule has 0 unspecified atom stereocenters. The third-order valence-electron chi connectivity index (χ3n) is 1.96. The molecule has 17 heavy (non-hydrogen) atoms. The third kappa shape index (κ3) is 4.05. The van der Waals surface area contributed by atoms with Crippen molar-refractivity contribution in [1.29, 1.82) is 0 Å². The van der Waals surface area contributed by atoms with Crippen LogP contribution in [0.1, 0.15) is 13.8 Å². The molecule has 0 aliphatic carbocycles. The highest BCUT2D eigenvalue weighted by Crippen LogP contribution is 2.25. The van der Waals surface area contributed by atoms with Gasteiger partial charge in [-0.3, -0.25) is 9.59 Å². The molecule has 0 radical (unpaired) electrons. The first-order valence-electron chi connectivity index (χ1n) is 5.03. The van der Waals surface area contributed by atoms with Crippen LogP contribution in [0, 0.1) is 0 Å². The van der Waals surface area contributed by atoms with Crippen molar-refractivity contribution in [3.05, 3.63) is 23.2 Å². The van der Waals surface area contributed by atoms with E-state index in [4.69, 9.17) is 17.3 Å². The number of carbonyl (C=O) groups excluding carboxylic acids is 2. The van der Waals surface area contributed by atoms with Gasteiger partial charge in [-0.1, -0.05) is 11.6 Å². The fraction of sp³-hybridized carbons (Fsp3) is 0.273. The summed E-state index contributed by atoms with van der Waals surface area (Å²) in [7, 11) is 0. The summed E-state index contributed by atoms with van der Waals surface area (Å²) in [6.45, 7) is 2.96. The van der Waals surface area contributed by atoms with E-state index in [0.717, 1.165) is 0 Å². The SMILES string of the molecule is CC(=O)Nc1cc(NC(=O)[C@@H](C)N)ccc1Cl. The topological polar surface area (TPSA) is 84.2 Å². The van der Waals surface area contributed by atoms with Crippen LogP contribution in [0.5, 0.6) is 0 Å². The Kier molecular flexibility index (Phi) is 4.48. The number of nitrogens with two attached hydrogens (primary N) is 1. The van der Waals surface area contributed by atoms with Gasteiger partial charge in [-0.15, -0.1) is 0 Å². The van der Waals surface area contributed by atoms with Crippen molar-refractivity contribution in [1.82, 2.24) is 0 Å². The Hall–Kier alpha value is -1.59. The maximum Gasteiger partial charge on any atom is 0.240 e. The van der Waals surface area contributed by atoms with Gasteiger partial charge < -0.3 is 16.4 Å². The Morgan fingerprint density at radius 1 is 1.35 bits per heavy atom. The second kappa shape index (κ2) is 5.65. The molecule has 1 rings (SSSR count). The van der Waals surface area contributed by atoms with Crippen LogP contribution in [-0.4, -0.2) is 17.9 Å². The lowest BCUT2D eigenvalue weighted by Gasteiger charge is -2.10. The van der Waals surface area contributed by atoms with Gasteiger partial charge in [-0.25, -0.2) is 0 Å². The fourth-order valence-electron chi connectivity index (χ4n) is 1.14. The van der Waals surface area contributed by atoms with E-state index in [1.807, 2.05) is 0 Å². The molecule has 2 amide bonds. The largest absolute Gasteiger partial charge is 0.325 e. The van der Waals surface area contributed by atoms with Crippen LogP contribution in [0.4, 0.5) is 11.4 Å². The Morgan fingerprint density at radius 3 is 2.53 bits per heavy atom. The number of hydrogen-bond acceptors (Lipinski definition) is 3. The minimum Gasteiger partial charge on any atom is -0.325 e. The molecular formula is C11H14ClN3O2. The minimum atomic E-state index is -0.602. The van der Waals surface area contributed by atoms with E-state index in [1.54, 1.807) is 25.1 Å². The molecule has 6 heteroatoms. The van der Waals surface area contributed by atoms with Crippen LogP contribution < -0.4 is 16.4 Å². The number of nitrogens with one attached hydrogen (secondary N) is 2. The van der Waals surface area contributed by atoms with Gasteiger partial charge in [0.2, 0.25) is 11.8 Å². The smallest absolute Gasteiger partial charge is 0.240 e. The lowest BCUT2D eigenvalue weighted by molar-refractivity contribution is -0.117. The number of rotatable bonds is 3. The molecule has 0 saturated heterocycles. The maximum atomic E-state index is 11.4. The van der Waals surface area contributed by atoms with Gasteiger partial charge in [0.05, 0.1) is 16.8 Å². The van der Waals surface area contributed by atoms with E-state index >= 15 is 0 Å². The van der Waals surface area contributed by atoms with Crippen molar-refractivity contribution < 1.29 is 9.59 Å². The Bertz CT molecular complexity index is 446. The van der Waals surface area contributed by atoms with E-state index in [0.29, 0.717) is 16.4 Å². The average molecular weight is 256 g/mol. The van der Waals surface area contributed by atoms with Gasteiger partial charge in [0.25, 0.3) is 0 Å². The predicted octanol–water partition coefficient (Wildman–Crippen LogP) is 1.58. The van der Waals surface area contributed by atoms with Crippen LogP contribution in [0.2, 0.25) is 5.02 Å². The first kappa shape index (κ1) is 13.5. The summed E-state index contributed by atoms with van der Waals surface area (Å²) in [6.07, 6.45) is 0. The summed E-state index contributed by atoms with van der Waals surface area (Å²) in [6, 6.07) is 4.19. The monoisotopic (exact) mass is 255 g/mol. The zero-order valence-corrected chi connectivity index (χ0v) is 10.3. The Morgan fingerprint density at radius 2 is 2.00 bits per heavy atom. The predicted molar refractivity (Wildman–Crippen MR) is 68.0 cm³/mol. The molecule has 1 atom stereocenters. The van der Waals surface area contributed by atoms with Crippen LogP contribution in [0.25, 0.3) is 0 Å². The van der Waals surface area contributed by atoms with Gasteiger partial charge in [0.1, 0.15) is 0 Å². The van der Waals surface area contributed by atoms with Crippen molar-refractivity contribution in [2.75, 3.05) is 10.6 Å². The van der Waals surface area contributed by atoms with Crippen LogP contribution in [-0.2, 0) is 9.59 Å². The van der Waals surface area contributed by atoms with Gasteiger partial charge in [-0.05, 0) is 25.1 Å². The van der Waals surface area contributed by atoms with Gasteiger partial charge in [-0.2, -0.15) is 0 Å². The summed E-state index contributed by atoms with van der Waals surface area (Å²) < 4.78 is 0. The van der Waals surface area contributed by atoms with Crippen molar-refractivity contribution in [2.45, 2.75) is 19.9 Å². The second-order valence-electron chi connectivity index (χ2n) is 3.65. The van der Waals surface area contributed by atoms with Crippen molar-refractivity contribution in [3.63, 3.8) is 0 Å². The summed E-state index contributed by atoms with van der Waals surface area (Å²) in [4.78, 5) is 22.3. The number of carbonyl (C=O) groups is 2. The van der Waals surface area contributed by atoms with Crippen molar-refractivity contribution >= 4 is 34.8 Å². The minimum absolute atomic E-state index is 0.234. The molecule has 0 heterocycles. The van der Waals surface area contributed by atoms with E-state index < -0.39 is 6.04 Å². The molecule has 0 aliphatic heterocycles. The maximum absolute atomic E-state index is 11.4. The molecule has 1 aromatic carbocycles. The lowest BCUT2D eigenvalue weighted by Crippen LogP contribution is -2.32. The number of anilines is 2. The van der Waals surface area contributed by atoms with Crippen LogP contribution >= 0.6 is 11.6 Å². The molecule has 0 fully saturated rings. The Labute approximate surface area is 104 Å². The number of amides is 2. The Balaban J connectivity index is 2.88. The van der Waals surface area contributed by atoms with Gasteiger partial charge in [0, 0.05) is 12.6 Å². The number of benzene rings is 1. The van der Waals surface area contributed by atoms with E-state index in [-0.39, 0.29) is 11.8 Å². The molecule has 0 bridgehead atoms. The molecule has 0 saturated carbocycles. The van der Waals surface area contributed by atoms with E-state index in [9.17, 15) is 9.59 Å². The zero-order valence-electron chi connectivity index (χ0n) is 9.58. The molecule has 0 aliphatic rings. The average Bonchev–Trinajstić information content (AvgIpc) is 2.22. The normalized spacial score (nSPS) is 11.8. The zero-order chi connectivity index (χ0) is 13.0. The van der Waals surface area contributed by atoms with E-state index in [1.165, 1.54) is 6.92 Å². The highest BCUT2D eigenvalue weighted by Gasteiger charge is 2.09. The molecule has 0 spiro atoms. The molecule has 1 aromatic rings. The van der Waals surface area contributed by atoms with Gasteiger partial charge >= 0.3 is 0 Å². The second-order valence-corrected chi connectivity index (χ2v) is 4.06. The number of hydrogen-bond donors (Lipinski definition) is 3. The van der Waals surface area contributed by atoms with E-state index in [2.05, 4.69) is 10.6 Å².